The molecule has 4 rings (SSSR count). The predicted octanol–water partition coefficient (Wildman–Crippen LogP) is 4.27. The molecule has 1 amide bonds. The first kappa shape index (κ1) is 25.9. The third kappa shape index (κ3) is 5.64. The van der Waals surface area contributed by atoms with Crippen LogP contribution < -0.4 is 9.64 Å². The number of hydrogen-bond donors (Lipinski definition) is 0. The van der Waals surface area contributed by atoms with Crippen LogP contribution in [0.15, 0.2) is 71.6 Å². The number of piperazine rings is 1. The maximum absolute atomic E-state index is 13.2. The molecule has 3 aromatic carbocycles. The van der Waals surface area contributed by atoms with Gasteiger partial charge in [-0.15, -0.1) is 0 Å². The molecule has 36 heavy (non-hydrogen) atoms. The number of nitrogens with zero attached hydrogens (tertiary/aromatic N) is 3. The highest BCUT2D eigenvalue weighted by Gasteiger charge is 2.25. The number of hydrogen-bond acceptors (Lipinski definition) is 5. The zero-order valence-electron chi connectivity index (χ0n) is 20.0. The molecule has 0 unspecified atom stereocenters. The van der Waals surface area contributed by atoms with E-state index in [1.165, 1.54) is 54.9 Å². The van der Waals surface area contributed by atoms with E-state index in [9.17, 15) is 17.6 Å². The van der Waals surface area contributed by atoms with Gasteiger partial charge >= 0.3 is 0 Å². The van der Waals surface area contributed by atoms with E-state index in [2.05, 4.69) is 4.90 Å². The maximum atomic E-state index is 13.2. The first-order valence-electron chi connectivity index (χ1n) is 11.4. The fourth-order valence-corrected chi connectivity index (χ4v) is 5.42. The molecule has 1 fully saturated rings. The van der Waals surface area contributed by atoms with Gasteiger partial charge in [0, 0.05) is 61.6 Å². The van der Waals surface area contributed by atoms with Crippen LogP contribution in [-0.4, -0.2) is 63.9 Å². The van der Waals surface area contributed by atoms with Gasteiger partial charge in [0.2, 0.25) is 10.0 Å². The number of methoxy groups -OCH3 is 1. The van der Waals surface area contributed by atoms with Gasteiger partial charge in [-0.25, -0.2) is 12.8 Å². The maximum Gasteiger partial charge on any atom is 0.253 e. The van der Waals surface area contributed by atoms with Crippen LogP contribution in [0.25, 0.3) is 0 Å². The molecule has 1 heterocycles. The Kier molecular flexibility index (Phi) is 7.82. The number of carbonyl (C=O) groups is 1. The number of carbonyl (C=O) groups excluding carboxylic acids is 1. The first-order valence-corrected chi connectivity index (χ1v) is 13.2. The van der Waals surface area contributed by atoms with Crippen LogP contribution in [0.2, 0.25) is 5.02 Å². The number of ether oxygens (including phenoxy) is 1. The fraction of sp³-hybridized carbons (Fsp3) is 0.269. The molecule has 0 aromatic heterocycles. The van der Waals surface area contributed by atoms with Gasteiger partial charge in [0.25, 0.3) is 5.91 Å². The minimum absolute atomic E-state index is 0.0214. The monoisotopic (exact) mass is 531 g/mol. The van der Waals surface area contributed by atoms with E-state index < -0.39 is 10.0 Å². The molecule has 1 aliphatic heterocycles. The molecule has 1 saturated heterocycles. The molecule has 0 aliphatic carbocycles. The Bertz CT molecular complexity index is 1330. The zero-order valence-corrected chi connectivity index (χ0v) is 21.6. The van der Waals surface area contributed by atoms with E-state index in [4.69, 9.17) is 16.3 Å². The van der Waals surface area contributed by atoms with Gasteiger partial charge in [0.15, 0.2) is 0 Å². The largest absolute Gasteiger partial charge is 0.496 e. The predicted molar refractivity (Wildman–Crippen MR) is 138 cm³/mol. The van der Waals surface area contributed by atoms with Crippen molar-refractivity contribution in [1.29, 1.82) is 0 Å². The van der Waals surface area contributed by atoms with Gasteiger partial charge in [0.05, 0.1) is 12.0 Å². The van der Waals surface area contributed by atoms with Gasteiger partial charge < -0.3 is 14.5 Å². The molecule has 7 nitrogen and oxygen atoms in total. The lowest BCUT2D eigenvalue weighted by Gasteiger charge is -2.36. The lowest BCUT2D eigenvalue weighted by Crippen LogP contribution is -2.48. The van der Waals surface area contributed by atoms with Gasteiger partial charge in [-0.2, -0.15) is 4.31 Å². The molecule has 0 atom stereocenters. The molecule has 190 valence electrons. The number of sulfonamides is 1. The van der Waals surface area contributed by atoms with Crippen molar-refractivity contribution in [3.05, 3.63) is 88.7 Å². The summed E-state index contributed by atoms with van der Waals surface area (Å²) in [6, 6.07) is 17.3. The highest BCUT2D eigenvalue weighted by Crippen LogP contribution is 2.26. The van der Waals surface area contributed by atoms with Crippen molar-refractivity contribution in [1.82, 2.24) is 9.21 Å². The molecular weight excluding hydrogens is 505 g/mol. The van der Waals surface area contributed by atoms with Crippen LogP contribution in [0.5, 0.6) is 5.75 Å². The van der Waals surface area contributed by atoms with Gasteiger partial charge in [-0.1, -0.05) is 11.6 Å². The lowest BCUT2D eigenvalue weighted by atomic mass is 10.1. The Morgan fingerprint density at radius 3 is 2.25 bits per heavy atom. The summed E-state index contributed by atoms with van der Waals surface area (Å²) in [5, 5.41) is 0.447. The SMILES string of the molecule is COc1ccc(C(=O)N2CCN(c3ccc(F)cc3)CC2)cc1CN(C)S(=O)(=O)c1ccc(Cl)cc1. The molecule has 0 radical (unpaired) electrons. The molecule has 0 bridgehead atoms. The number of benzene rings is 3. The van der Waals surface area contributed by atoms with E-state index >= 15 is 0 Å². The molecule has 0 N–H and O–H groups in total. The average Bonchev–Trinajstić information content (AvgIpc) is 2.89. The van der Waals surface area contributed by atoms with Gasteiger partial charge in [-0.05, 0) is 66.7 Å². The van der Waals surface area contributed by atoms with E-state index in [0.717, 1.165) is 5.69 Å². The highest BCUT2D eigenvalue weighted by molar-refractivity contribution is 7.89. The van der Waals surface area contributed by atoms with Crippen LogP contribution in [0.1, 0.15) is 15.9 Å². The molecule has 0 spiro atoms. The summed E-state index contributed by atoms with van der Waals surface area (Å²) < 4.78 is 45.9. The number of anilines is 1. The number of amides is 1. The first-order chi connectivity index (χ1) is 17.2. The van der Waals surface area contributed by atoms with Crippen molar-refractivity contribution in [2.75, 3.05) is 45.2 Å². The summed E-state index contributed by atoms with van der Waals surface area (Å²) >= 11 is 5.89. The third-order valence-electron chi connectivity index (χ3n) is 6.20. The summed E-state index contributed by atoms with van der Waals surface area (Å²) in [5.41, 5.74) is 1.95. The normalized spacial score (nSPS) is 14.2. The minimum Gasteiger partial charge on any atom is -0.496 e. The van der Waals surface area contributed by atoms with Crippen molar-refractivity contribution in [3.63, 3.8) is 0 Å². The molecular formula is C26H27ClFN3O4S. The second-order valence-electron chi connectivity index (χ2n) is 8.50. The average molecular weight is 532 g/mol. The highest BCUT2D eigenvalue weighted by atomic mass is 35.5. The van der Waals surface area contributed by atoms with E-state index in [-0.39, 0.29) is 23.2 Å². The molecule has 3 aromatic rings. The van der Waals surface area contributed by atoms with Gasteiger partial charge in [-0.3, -0.25) is 4.79 Å². The molecule has 0 saturated carbocycles. The topological polar surface area (TPSA) is 70.2 Å². The summed E-state index contributed by atoms with van der Waals surface area (Å²) in [4.78, 5) is 17.2. The molecule has 1 aliphatic rings. The van der Waals surface area contributed by atoms with E-state index in [0.29, 0.717) is 48.1 Å². The van der Waals surface area contributed by atoms with Crippen molar-refractivity contribution >= 4 is 33.2 Å². The quantitative estimate of drug-likeness (QED) is 0.455. The summed E-state index contributed by atoms with van der Waals surface area (Å²) in [5.74, 6) is 0.0705. The van der Waals surface area contributed by atoms with E-state index in [1.54, 1.807) is 35.2 Å². The minimum atomic E-state index is -3.77. The summed E-state index contributed by atoms with van der Waals surface area (Å²) in [7, 11) is -0.792. The molecule has 10 heteroatoms. The van der Waals surface area contributed by atoms with Crippen LogP contribution in [-0.2, 0) is 16.6 Å². The summed E-state index contributed by atoms with van der Waals surface area (Å²) in [6.07, 6.45) is 0. The Labute approximate surface area is 215 Å². The number of halogens is 2. The van der Waals surface area contributed by atoms with Crippen molar-refractivity contribution in [2.45, 2.75) is 11.4 Å². The van der Waals surface area contributed by atoms with Crippen LogP contribution in [0.3, 0.4) is 0 Å². The Hall–Kier alpha value is -3.14. The van der Waals surface area contributed by atoms with Crippen molar-refractivity contribution in [2.24, 2.45) is 0 Å². The zero-order chi connectivity index (χ0) is 25.9. The second-order valence-corrected chi connectivity index (χ2v) is 11.0. The van der Waals surface area contributed by atoms with E-state index in [1.807, 2.05) is 0 Å². The standard InChI is InChI=1S/C26H27ClFN3O4S/c1-29(36(33,34)24-10-4-21(27)5-11-24)18-20-17-19(3-12-25(20)35-2)26(32)31-15-13-30(14-16-31)23-8-6-22(28)7-9-23/h3-12,17H,13-16,18H2,1-2H3. The van der Waals surface area contributed by atoms with Crippen LogP contribution in [0.4, 0.5) is 10.1 Å². The van der Waals surface area contributed by atoms with Crippen molar-refractivity contribution < 1.29 is 22.3 Å². The van der Waals surface area contributed by atoms with Crippen molar-refractivity contribution in [3.8, 4) is 5.75 Å². The Morgan fingerprint density at radius 2 is 1.64 bits per heavy atom. The van der Waals surface area contributed by atoms with Crippen LogP contribution >= 0.6 is 11.6 Å². The Morgan fingerprint density at radius 1 is 1.00 bits per heavy atom. The Balaban J connectivity index is 1.47. The van der Waals surface area contributed by atoms with Crippen LogP contribution in [0, 0.1) is 5.82 Å². The third-order valence-corrected chi connectivity index (χ3v) is 8.27. The fourth-order valence-electron chi connectivity index (χ4n) is 4.15. The second kappa shape index (κ2) is 10.9. The lowest BCUT2D eigenvalue weighted by molar-refractivity contribution is 0.0746. The smallest absolute Gasteiger partial charge is 0.253 e. The van der Waals surface area contributed by atoms with Gasteiger partial charge in [0.1, 0.15) is 11.6 Å². The summed E-state index contributed by atoms with van der Waals surface area (Å²) in [6.45, 7) is 2.31. The number of rotatable bonds is 7.